The monoisotopic (exact) mass is 414 g/mol. The van der Waals surface area contributed by atoms with Gasteiger partial charge in [-0.2, -0.15) is 0 Å². The van der Waals surface area contributed by atoms with Gasteiger partial charge in [0.2, 0.25) is 0 Å². The molecular formula is C22H27ClN4S. The van der Waals surface area contributed by atoms with Crippen LogP contribution in [-0.4, -0.2) is 51.5 Å². The van der Waals surface area contributed by atoms with Crippen LogP contribution in [0.1, 0.15) is 33.1 Å². The first-order valence-corrected chi connectivity index (χ1v) is 10.8. The number of hydrogen-bond donors (Lipinski definition) is 1. The van der Waals surface area contributed by atoms with E-state index in [0.717, 1.165) is 41.1 Å². The van der Waals surface area contributed by atoms with Crippen molar-refractivity contribution in [2.45, 2.75) is 38.6 Å². The Morgan fingerprint density at radius 1 is 1.21 bits per heavy atom. The highest BCUT2D eigenvalue weighted by Gasteiger charge is 2.34. The molecule has 1 N–H and O–H groups in total. The number of fused-ring (bicyclic) bond motifs is 1. The third-order valence-corrected chi connectivity index (χ3v) is 6.34. The van der Waals surface area contributed by atoms with Crippen molar-refractivity contribution < 1.29 is 0 Å². The Balaban J connectivity index is 1.44. The van der Waals surface area contributed by atoms with E-state index < -0.39 is 0 Å². The summed E-state index contributed by atoms with van der Waals surface area (Å²) >= 11 is 11.9. The molecule has 28 heavy (non-hydrogen) atoms. The van der Waals surface area contributed by atoms with Gasteiger partial charge in [-0.05, 0) is 57.0 Å². The second-order valence-electron chi connectivity index (χ2n) is 8.26. The van der Waals surface area contributed by atoms with Crippen LogP contribution in [-0.2, 0) is 0 Å². The number of aromatic nitrogens is 1. The molecule has 1 fully saturated rings. The molecule has 4 nitrogen and oxygen atoms in total. The molecule has 2 aliphatic heterocycles. The van der Waals surface area contributed by atoms with E-state index in [9.17, 15) is 0 Å². The summed E-state index contributed by atoms with van der Waals surface area (Å²) in [5.74, 6) is 0. The van der Waals surface area contributed by atoms with E-state index in [-0.39, 0.29) is 5.54 Å². The van der Waals surface area contributed by atoms with Gasteiger partial charge in [-0.3, -0.25) is 4.98 Å². The molecule has 1 aromatic carbocycles. The quantitative estimate of drug-likeness (QED) is 0.688. The van der Waals surface area contributed by atoms with Crippen molar-refractivity contribution in [3.05, 3.63) is 47.3 Å². The summed E-state index contributed by atoms with van der Waals surface area (Å²) in [5.41, 5.74) is 3.42. The number of thiocarbonyl (C=S) groups is 1. The molecule has 3 heterocycles. The minimum Gasteiger partial charge on any atom is -0.383 e. The molecule has 0 amide bonds. The van der Waals surface area contributed by atoms with Crippen molar-refractivity contribution in [2.75, 3.05) is 31.5 Å². The van der Waals surface area contributed by atoms with E-state index in [1.165, 1.54) is 31.6 Å². The lowest BCUT2D eigenvalue weighted by molar-refractivity contribution is 0.198. The molecule has 0 bridgehead atoms. The minimum absolute atomic E-state index is 0.0271. The first kappa shape index (κ1) is 19.5. The van der Waals surface area contributed by atoms with Gasteiger partial charge in [0, 0.05) is 66.1 Å². The molecule has 2 aromatic rings. The molecule has 6 heteroatoms. The Labute approximate surface area is 177 Å². The lowest BCUT2D eigenvalue weighted by Gasteiger charge is -2.45. The van der Waals surface area contributed by atoms with Crippen LogP contribution >= 0.6 is 23.8 Å². The van der Waals surface area contributed by atoms with Gasteiger partial charge >= 0.3 is 0 Å². The van der Waals surface area contributed by atoms with Gasteiger partial charge in [0.05, 0.1) is 5.52 Å². The summed E-state index contributed by atoms with van der Waals surface area (Å²) in [7, 11) is 0. The average molecular weight is 415 g/mol. The van der Waals surface area contributed by atoms with Crippen LogP contribution in [0.5, 0.6) is 0 Å². The van der Waals surface area contributed by atoms with Gasteiger partial charge in [-0.1, -0.05) is 23.8 Å². The van der Waals surface area contributed by atoms with Gasteiger partial charge in [-0.15, -0.1) is 0 Å². The van der Waals surface area contributed by atoms with Crippen molar-refractivity contribution in [1.82, 2.24) is 14.8 Å². The summed E-state index contributed by atoms with van der Waals surface area (Å²) in [6.45, 7) is 8.63. The lowest BCUT2D eigenvalue weighted by Crippen LogP contribution is -2.52. The number of halogens is 1. The summed E-state index contributed by atoms with van der Waals surface area (Å²) in [5, 5.41) is 5.36. The summed E-state index contributed by atoms with van der Waals surface area (Å²) in [6.07, 6.45) is 7.67. The molecule has 0 radical (unpaired) electrons. The fourth-order valence-electron chi connectivity index (χ4n) is 4.31. The first-order chi connectivity index (χ1) is 13.4. The molecule has 0 atom stereocenters. The highest BCUT2D eigenvalue weighted by Crippen LogP contribution is 2.32. The number of rotatable bonds is 5. The fraction of sp³-hybridized carbons (Fsp3) is 0.455. The molecule has 4 rings (SSSR count). The van der Waals surface area contributed by atoms with Crippen LogP contribution in [0.4, 0.5) is 5.69 Å². The molecule has 0 saturated carbocycles. The molecular weight excluding hydrogens is 388 g/mol. The van der Waals surface area contributed by atoms with Crippen LogP contribution < -0.4 is 5.32 Å². The van der Waals surface area contributed by atoms with Crippen molar-refractivity contribution in [2.24, 2.45) is 0 Å². The molecule has 2 aliphatic rings. The third-order valence-electron chi connectivity index (χ3n) is 5.77. The number of likely N-dealkylation sites (tertiary alicyclic amines) is 1. The average Bonchev–Trinajstić information content (AvgIpc) is 3.18. The largest absolute Gasteiger partial charge is 0.383 e. The van der Waals surface area contributed by atoms with Crippen LogP contribution in [0.2, 0.25) is 5.02 Å². The molecule has 0 unspecified atom stereocenters. The number of anilines is 1. The predicted octanol–water partition coefficient (Wildman–Crippen LogP) is 5.09. The SMILES string of the molecule is CC1(C)CC(N2CCCC2)=CC(=S)N1CCNc1ccnc2cc(Cl)ccc12. The zero-order chi connectivity index (χ0) is 19.7. The van der Waals surface area contributed by atoms with E-state index in [4.69, 9.17) is 23.8 Å². The zero-order valence-corrected chi connectivity index (χ0v) is 18.1. The summed E-state index contributed by atoms with van der Waals surface area (Å²) < 4.78 is 0. The van der Waals surface area contributed by atoms with Crippen LogP contribution in [0, 0.1) is 0 Å². The molecule has 1 saturated heterocycles. The Bertz CT molecular complexity index is 918. The molecule has 148 valence electrons. The van der Waals surface area contributed by atoms with Crippen LogP contribution in [0.3, 0.4) is 0 Å². The van der Waals surface area contributed by atoms with Gasteiger partial charge in [0.25, 0.3) is 0 Å². The van der Waals surface area contributed by atoms with E-state index in [0.29, 0.717) is 5.02 Å². The lowest BCUT2D eigenvalue weighted by atomic mass is 9.91. The van der Waals surface area contributed by atoms with Gasteiger partial charge < -0.3 is 15.1 Å². The number of hydrogen-bond acceptors (Lipinski definition) is 4. The van der Waals surface area contributed by atoms with Gasteiger partial charge in [-0.25, -0.2) is 0 Å². The van der Waals surface area contributed by atoms with Crippen molar-refractivity contribution in [3.8, 4) is 0 Å². The van der Waals surface area contributed by atoms with Crippen LogP contribution in [0.15, 0.2) is 42.2 Å². The Morgan fingerprint density at radius 3 is 2.75 bits per heavy atom. The van der Waals surface area contributed by atoms with E-state index >= 15 is 0 Å². The highest BCUT2D eigenvalue weighted by molar-refractivity contribution is 7.80. The maximum absolute atomic E-state index is 6.09. The van der Waals surface area contributed by atoms with Crippen molar-refractivity contribution in [1.29, 1.82) is 0 Å². The minimum atomic E-state index is 0.0271. The molecule has 0 aliphatic carbocycles. The third kappa shape index (κ3) is 3.96. The second-order valence-corrected chi connectivity index (χ2v) is 9.11. The van der Waals surface area contributed by atoms with Crippen molar-refractivity contribution in [3.63, 3.8) is 0 Å². The maximum Gasteiger partial charge on any atom is 0.104 e. The smallest absolute Gasteiger partial charge is 0.104 e. The van der Waals surface area contributed by atoms with Crippen LogP contribution in [0.25, 0.3) is 10.9 Å². The standard InChI is InChI=1S/C22H27ClN4S/c1-22(2)15-17(26-10-3-4-11-26)14-21(28)27(22)12-9-25-19-7-8-24-20-13-16(23)5-6-18(19)20/h5-8,13-14H,3-4,9-12,15H2,1-2H3,(H,24,25). The van der Waals surface area contributed by atoms with E-state index in [1.807, 2.05) is 30.5 Å². The normalized spacial score (nSPS) is 19.2. The first-order valence-electron chi connectivity index (χ1n) is 9.99. The topological polar surface area (TPSA) is 31.4 Å². The van der Waals surface area contributed by atoms with Gasteiger partial charge in [0.1, 0.15) is 4.99 Å². The number of nitrogens with zero attached hydrogens (tertiary/aromatic N) is 3. The van der Waals surface area contributed by atoms with E-state index in [2.05, 4.69) is 40.0 Å². The van der Waals surface area contributed by atoms with Gasteiger partial charge in [0.15, 0.2) is 0 Å². The second kappa shape index (κ2) is 7.88. The number of pyridine rings is 1. The number of nitrogens with one attached hydrogen (secondary N) is 1. The van der Waals surface area contributed by atoms with E-state index in [1.54, 1.807) is 0 Å². The maximum atomic E-state index is 6.09. The Morgan fingerprint density at radius 2 is 2.00 bits per heavy atom. The summed E-state index contributed by atoms with van der Waals surface area (Å²) in [4.78, 5) is 10.2. The fourth-order valence-corrected chi connectivity index (χ4v) is 4.95. The number of benzene rings is 1. The predicted molar refractivity (Wildman–Crippen MR) is 122 cm³/mol. The van der Waals surface area contributed by atoms with Crippen molar-refractivity contribution >= 4 is 45.4 Å². The molecule has 0 spiro atoms. The highest BCUT2D eigenvalue weighted by atomic mass is 35.5. The molecule has 1 aromatic heterocycles. The summed E-state index contributed by atoms with van der Waals surface area (Å²) in [6, 6.07) is 7.84. The zero-order valence-electron chi connectivity index (χ0n) is 16.5. The Kier molecular flexibility index (Phi) is 5.48. The Hall–Kier alpha value is -1.85.